The van der Waals surface area contributed by atoms with Crippen LogP contribution in [0.2, 0.25) is 0 Å². The summed E-state index contributed by atoms with van der Waals surface area (Å²) in [6, 6.07) is 0. The summed E-state index contributed by atoms with van der Waals surface area (Å²) in [5.74, 6) is -5.39. The van der Waals surface area contributed by atoms with Crippen molar-refractivity contribution < 1.29 is 77.5 Å². The quantitative estimate of drug-likeness (QED) is 0.343. The van der Waals surface area contributed by atoms with E-state index in [0.717, 1.165) is 17.8 Å². The van der Waals surface area contributed by atoms with E-state index < -0.39 is 87.5 Å². The summed E-state index contributed by atoms with van der Waals surface area (Å²) < 4.78 is 45.7. The van der Waals surface area contributed by atoms with Crippen LogP contribution in [0.5, 0.6) is 0 Å². The number of Topliss-reactive ketones (excluding diaryl/α,β-unsaturated/α-hetero) is 1. The number of carboxylic acid groups (broad SMARTS) is 1. The third-order valence-corrected chi connectivity index (χ3v) is 11.4. The van der Waals surface area contributed by atoms with Crippen LogP contribution in [0.1, 0.15) is 53.4 Å². The molecule has 1 saturated heterocycles. The molecule has 0 spiro atoms. The van der Waals surface area contributed by atoms with Gasteiger partial charge in [0.05, 0.1) is 23.9 Å². The number of carbonyl (C=O) groups excluding carboxylic acids is 3. The van der Waals surface area contributed by atoms with E-state index in [2.05, 4.69) is 0 Å². The maximum Gasteiger partial charge on any atom is 1.00 e. The Morgan fingerprint density at radius 3 is 2.52 bits per heavy atom. The molecule has 0 aromatic carbocycles. The standard InChI is InChI=1S/C28H36F2O8S.Na/c1-24(2)37-22-11-15-16-10-18(29)17-9-14(32)5-7-25(17,3)27(16,30)20(33)12-26(15,4)28(22,38-24)21(34)13-39-19(6-8-31)23(35)36;/h5,7,9,15-16,18-20,22,31,33H,6,8,10-13H2,1-4H3,(H,35,36);/q;+1/p-1/t15?,16?,18-,19?,20-,22+,25-,26-,27-,28+;/m0./s1. The Hall–Kier alpha value is -0.660. The number of carbonyl (C=O) groups is 3. The van der Waals surface area contributed by atoms with Crippen LogP contribution < -0.4 is 34.7 Å². The molecule has 4 aliphatic carbocycles. The number of allylic oxidation sites excluding steroid dienone is 4. The zero-order chi connectivity index (χ0) is 28.8. The van der Waals surface area contributed by atoms with Gasteiger partial charge in [-0.3, -0.25) is 9.59 Å². The first kappa shape index (κ1) is 32.3. The summed E-state index contributed by atoms with van der Waals surface area (Å²) in [5.41, 5.74) is -6.64. The molecule has 3 saturated carbocycles. The number of carboxylic acids is 1. The molecular formula is C28H35F2NaO8S. The Balaban J connectivity index is 0.00000370. The fraction of sp³-hybridized carbons (Fsp3) is 0.750. The van der Waals surface area contributed by atoms with Gasteiger partial charge in [-0.2, -0.15) is 0 Å². The van der Waals surface area contributed by atoms with Crippen molar-refractivity contribution in [1.82, 2.24) is 0 Å². The van der Waals surface area contributed by atoms with Crippen molar-refractivity contribution in [2.45, 2.75) is 94.1 Å². The second-order valence-electron chi connectivity index (χ2n) is 12.5. The van der Waals surface area contributed by atoms with E-state index in [-0.39, 0.29) is 66.6 Å². The molecule has 40 heavy (non-hydrogen) atoms. The SMILES string of the molecule is CC1(C)O[C@@H]2CC3C4C[C@H](F)C5=CC(=O)C=C[C@]5(C)[C@@]4(F)[C@@H](O)C[C@]3(C)[C@]2(C(=O)CSC(CCO)C(=O)[O-])O1.[Na+]. The predicted octanol–water partition coefficient (Wildman–Crippen LogP) is -1.39. The molecule has 5 rings (SSSR count). The fourth-order valence-electron chi connectivity index (χ4n) is 8.47. The molecule has 0 bridgehead atoms. The number of rotatable bonds is 7. The monoisotopic (exact) mass is 592 g/mol. The molecule has 4 fully saturated rings. The maximum absolute atomic E-state index is 17.4. The number of alkyl halides is 2. The molecule has 1 heterocycles. The third kappa shape index (κ3) is 4.28. The Labute approximate surface area is 258 Å². The van der Waals surface area contributed by atoms with Crippen LogP contribution in [0, 0.1) is 22.7 Å². The van der Waals surface area contributed by atoms with Gasteiger partial charge in [-0.1, -0.05) is 13.0 Å². The normalized spacial score (nSPS) is 45.4. The molecule has 0 aromatic heterocycles. The van der Waals surface area contributed by atoms with Gasteiger partial charge in [0.15, 0.2) is 28.6 Å². The summed E-state index contributed by atoms with van der Waals surface area (Å²) in [6.45, 7) is 6.17. The largest absolute Gasteiger partial charge is 1.00 e. The van der Waals surface area contributed by atoms with Gasteiger partial charge in [0, 0.05) is 28.6 Å². The summed E-state index contributed by atoms with van der Waals surface area (Å²) in [6.07, 6.45) is -0.724. The van der Waals surface area contributed by atoms with E-state index in [0.29, 0.717) is 0 Å². The van der Waals surface area contributed by atoms with E-state index >= 15 is 8.78 Å². The zero-order valence-corrected chi connectivity index (χ0v) is 26.3. The van der Waals surface area contributed by atoms with Crippen LogP contribution in [0.25, 0.3) is 0 Å². The summed E-state index contributed by atoms with van der Waals surface area (Å²) in [7, 11) is 0. The van der Waals surface area contributed by atoms with Crippen molar-refractivity contribution in [2.75, 3.05) is 12.4 Å². The van der Waals surface area contributed by atoms with E-state index in [4.69, 9.17) is 9.47 Å². The fourth-order valence-corrected chi connectivity index (χ4v) is 9.45. The number of hydrogen-bond acceptors (Lipinski definition) is 9. The van der Waals surface area contributed by atoms with Gasteiger partial charge in [-0.15, -0.1) is 11.8 Å². The van der Waals surface area contributed by atoms with Crippen LogP contribution >= 0.6 is 11.8 Å². The number of fused-ring (bicyclic) bond motifs is 7. The predicted molar refractivity (Wildman–Crippen MR) is 135 cm³/mol. The molecule has 0 aromatic rings. The molecule has 0 radical (unpaired) electrons. The number of ketones is 2. The summed E-state index contributed by atoms with van der Waals surface area (Å²) in [5, 5.41) is 31.2. The molecule has 2 N–H and O–H groups in total. The number of hydrogen-bond donors (Lipinski definition) is 2. The minimum atomic E-state index is -2.31. The molecule has 12 heteroatoms. The van der Waals surface area contributed by atoms with Crippen LogP contribution in [0.15, 0.2) is 23.8 Å². The van der Waals surface area contributed by atoms with Crippen molar-refractivity contribution in [3.8, 4) is 0 Å². The maximum atomic E-state index is 17.4. The van der Waals surface area contributed by atoms with Crippen molar-refractivity contribution in [2.24, 2.45) is 22.7 Å². The molecular weight excluding hydrogens is 557 g/mol. The van der Waals surface area contributed by atoms with Gasteiger partial charge in [0.1, 0.15) is 6.17 Å². The average molecular weight is 593 g/mol. The minimum Gasteiger partial charge on any atom is -0.549 e. The number of aliphatic hydroxyl groups is 2. The van der Waals surface area contributed by atoms with Crippen LogP contribution in [0.4, 0.5) is 8.78 Å². The Morgan fingerprint density at radius 1 is 1.23 bits per heavy atom. The van der Waals surface area contributed by atoms with Gasteiger partial charge in [0.2, 0.25) is 0 Å². The van der Waals surface area contributed by atoms with Crippen molar-refractivity contribution in [1.29, 1.82) is 0 Å². The molecule has 1 aliphatic heterocycles. The summed E-state index contributed by atoms with van der Waals surface area (Å²) >= 11 is 0.817. The van der Waals surface area contributed by atoms with E-state index in [1.165, 1.54) is 19.1 Å². The molecule has 5 aliphatic rings. The zero-order valence-electron chi connectivity index (χ0n) is 23.4. The van der Waals surface area contributed by atoms with E-state index in [1.807, 2.05) is 0 Å². The molecule has 216 valence electrons. The number of aliphatic carboxylic acids is 1. The Kier molecular flexibility index (Phi) is 8.47. The van der Waals surface area contributed by atoms with Crippen molar-refractivity contribution >= 4 is 29.3 Å². The Bertz CT molecular complexity index is 1160. The van der Waals surface area contributed by atoms with Gasteiger partial charge in [-0.25, -0.2) is 8.78 Å². The Morgan fingerprint density at radius 2 is 1.90 bits per heavy atom. The second kappa shape index (κ2) is 10.5. The van der Waals surface area contributed by atoms with Crippen LogP contribution in [-0.4, -0.2) is 80.8 Å². The van der Waals surface area contributed by atoms with Crippen molar-refractivity contribution in [3.63, 3.8) is 0 Å². The number of ether oxygens (including phenoxy) is 2. The first-order valence-corrected chi connectivity index (χ1v) is 14.4. The minimum absolute atomic E-state index is 0. The van der Waals surface area contributed by atoms with Crippen molar-refractivity contribution in [3.05, 3.63) is 23.8 Å². The first-order valence-electron chi connectivity index (χ1n) is 13.4. The topological polar surface area (TPSA) is 133 Å². The number of aliphatic hydroxyl groups excluding tert-OH is 2. The smallest absolute Gasteiger partial charge is 0.549 e. The number of halogens is 2. The van der Waals surface area contributed by atoms with Gasteiger partial charge < -0.3 is 29.6 Å². The third-order valence-electron chi connectivity index (χ3n) is 10.1. The molecule has 3 unspecified atom stereocenters. The van der Waals surface area contributed by atoms with Gasteiger partial charge in [-0.05, 0) is 70.1 Å². The second-order valence-corrected chi connectivity index (χ2v) is 13.7. The molecule has 8 nitrogen and oxygen atoms in total. The molecule has 0 amide bonds. The van der Waals surface area contributed by atoms with Gasteiger partial charge in [0.25, 0.3) is 0 Å². The summed E-state index contributed by atoms with van der Waals surface area (Å²) in [4.78, 5) is 37.6. The van der Waals surface area contributed by atoms with E-state index in [9.17, 15) is 29.7 Å². The van der Waals surface area contributed by atoms with Crippen LogP contribution in [-0.2, 0) is 23.9 Å². The molecule has 10 atom stereocenters. The van der Waals surface area contributed by atoms with Crippen LogP contribution in [0.3, 0.4) is 0 Å². The van der Waals surface area contributed by atoms with Gasteiger partial charge >= 0.3 is 29.6 Å². The first-order chi connectivity index (χ1) is 18.1. The van der Waals surface area contributed by atoms with E-state index in [1.54, 1.807) is 20.8 Å². The number of thioether (sulfide) groups is 1. The average Bonchev–Trinajstić information content (AvgIpc) is 3.25.